The smallest absolute Gasteiger partial charge is 0.0676 e. The highest BCUT2D eigenvalue weighted by molar-refractivity contribution is 6.45. The van der Waals surface area contributed by atoms with E-state index < -0.39 is 0 Å². The minimum Gasteiger partial charge on any atom is -0.121 e. The largest absolute Gasteiger partial charge is 0.121 e. The van der Waals surface area contributed by atoms with Crippen LogP contribution >= 0.6 is 46.4 Å². The molecule has 0 N–H and O–H groups in total. The Bertz CT molecular complexity index is 116. The molecule has 9 heavy (non-hydrogen) atoms. The van der Waals surface area contributed by atoms with E-state index in [4.69, 9.17) is 46.4 Å². The van der Waals surface area contributed by atoms with E-state index in [1.165, 1.54) is 0 Å². The summed E-state index contributed by atoms with van der Waals surface area (Å²) in [7, 11) is 0. The van der Waals surface area contributed by atoms with Crippen LogP contribution in [0.1, 0.15) is 6.92 Å². The second-order valence-electron chi connectivity index (χ2n) is 1.50. The van der Waals surface area contributed by atoms with Gasteiger partial charge in [-0.2, -0.15) is 0 Å². The minimum atomic E-state index is -0.252. The van der Waals surface area contributed by atoms with Crippen molar-refractivity contribution < 1.29 is 0 Å². The summed E-state index contributed by atoms with van der Waals surface area (Å²) >= 11 is 22.1. The zero-order valence-corrected chi connectivity index (χ0v) is 7.82. The number of hydrogen-bond donors (Lipinski definition) is 0. The van der Waals surface area contributed by atoms with Crippen LogP contribution in [0.2, 0.25) is 0 Å². The first kappa shape index (κ1) is 9.90. The molecule has 0 radical (unpaired) electrons. The van der Waals surface area contributed by atoms with E-state index in [0.717, 1.165) is 0 Å². The summed E-state index contributed by atoms with van der Waals surface area (Å²) in [6.45, 7) is 1.73. The molecule has 0 aromatic rings. The molecule has 54 valence electrons. The molecule has 0 heterocycles. The van der Waals surface area contributed by atoms with Gasteiger partial charge in [0.1, 0.15) is 0 Å². The van der Waals surface area contributed by atoms with Gasteiger partial charge in [-0.25, -0.2) is 0 Å². The van der Waals surface area contributed by atoms with Crippen LogP contribution < -0.4 is 0 Å². The lowest BCUT2D eigenvalue weighted by molar-refractivity contribution is 1.19. The molecule has 0 aromatic heterocycles. The Hall–Kier alpha value is 0.900. The number of alkyl halides is 2. The fourth-order valence-electron chi connectivity index (χ4n) is 0.280. The molecule has 0 amide bonds. The monoisotopic (exact) mass is 206 g/mol. The predicted molar refractivity (Wildman–Crippen MR) is 44.8 cm³/mol. The summed E-state index contributed by atoms with van der Waals surface area (Å²) in [5.74, 6) is 0.220. The van der Waals surface area contributed by atoms with Crippen molar-refractivity contribution in [3.8, 4) is 0 Å². The first-order chi connectivity index (χ1) is 4.09. The molecular weight excluding hydrogens is 202 g/mol. The van der Waals surface area contributed by atoms with Crippen molar-refractivity contribution >= 4 is 46.4 Å². The lowest BCUT2D eigenvalue weighted by Crippen LogP contribution is -1.92. The lowest BCUT2D eigenvalue weighted by atomic mass is 10.4. The van der Waals surface area contributed by atoms with Crippen molar-refractivity contribution in [2.45, 2.75) is 12.3 Å². The molecule has 0 spiro atoms. The number of rotatable bonds is 2. The molecule has 0 bridgehead atoms. The molecule has 0 rings (SSSR count). The summed E-state index contributed by atoms with van der Waals surface area (Å²) in [5.41, 5.74) is 0. The van der Waals surface area contributed by atoms with Gasteiger partial charge < -0.3 is 0 Å². The van der Waals surface area contributed by atoms with E-state index in [1.54, 1.807) is 6.92 Å². The molecule has 0 aromatic carbocycles. The normalized spacial score (nSPS) is 17.0. The molecule has 0 fully saturated rings. The summed E-state index contributed by atoms with van der Waals surface area (Å²) in [6.07, 6.45) is 0. The maximum atomic E-state index is 5.60. The number of hydrogen-bond acceptors (Lipinski definition) is 0. The fraction of sp³-hybridized carbons (Fsp3) is 0.600. The van der Waals surface area contributed by atoms with Crippen molar-refractivity contribution in [2.24, 2.45) is 0 Å². The highest BCUT2D eigenvalue weighted by atomic mass is 35.5. The van der Waals surface area contributed by atoms with Gasteiger partial charge in [0.2, 0.25) is 0 Å². The average molecular weight is 208 g/mol. The Balaban J connectivity index is 4.10. The zero-order valence-electron chi connectivity index (χ0n) is 4.80. The molecule has 0 saturated carbocycles. The highest BCUT2D eigenvalue weighted by Crippen LogP contribution is 2.21. The number of allylic oxidation sites excluding steroid dienone is 2. The van der Waals surface area contributed by atoms with Gasteiger partial charge in [-0.1, -0.05) is 23.2 Å². The molecular formula is C5H6Cl4. The maximum absolute atomic E-state index is 5.60. The average Bonchev–Trinajstić information content (AvgIpc) is 1.84. The Morgan fingerprint density at radius 1 is 1.44 bits per heavy atom. The van der Waals surface area contributed by atoms with Crippen molar-refractivity contribution in [1.29, 1.82) is 0 Å². The van der Waals surface area contributed by atoms with Gasteiger partial charge in [-0.3, -0.25) is 0 Å². The van der Waals surface area contributed by atoms with Crippen molar-refractivity contribution in [2.75, 3.05) is 5.88 Å². The molecule has 4 heteroatoms. The van der Waals surface area contributed by atoms with Crippen LogP contribution in [0, 0.1) is 0 Å². The van der Waals surface area contributed by atoms with Gasteiger partial charge in [0.25, 0.3) is 0 Å². The van der Waals surface area contributed by atoms with Crippen LogP contribution in [0.15, 0.2) is 10.1 Å². The summed E-state index contributed by atoms with van der Waals surface area (Å²) in [4.78, 5) is 0. The van der Waals surface area contributed by atoms with Gasteiger partial charge in [-0.05, 0) is 6.92 Å². The van der Waals surface area contributed by atoms with Gasteiger partial charge in [0, 0.05) is 5.03 Å². The van der Waals surface area contributed by atoms with E-state index >= 15 is 0 Å². The molecule has 0 aliphatic rings. The van der Waals surface area contributed by atoms with Crippen LogP contribution in [-0.4, -0.2) is 11.3 Å². The van der Waals surface area contributed by atoms with Crippen LogP contribution in [0.5, 0.6) is 0 Å². The van der Waals surface area contributed by atoms with Crippen molar-refractivity contribution in [1.82, 2.24) is 0 Å². The lowest BCUT2D eigenvalue weighted by Gasteiger charge is -2.00. The summed E-state index contributed by atoms with van der Waals surface area (Å²) in [5, 5.41) is 0.590. The summed E-state index contributed by atoms with van der Waals surface area (Å²) in [6, 6.07) is 0. The van der Waals surface area contributed by atoms with Crippen LogP contribution in [0.4, 0.5) is 0 Å². The quantitative estimate of drug-likeness (QED) is 0.608. The molecule has 0 aliphatic heterocycles. The summed E-state index contributed by atoms with van der Waals surface area (Å²) < 4.78 is 0. The maximum Gasteiger partial charge on any atom is 0.0676 e. The molecule has 0 saturated heterocycles. The Kier molecular flexibility index (Phi) is 5.14. The predicted octanol–water partition coefficient (Wildman–Crippen LogP) is 3.54. The Morgan fingerprint density at radius 3 is 2.00 bits per heavy atom. The van der Waals surface area contributed by atoms with E-state index in [9.17, 15) is 0 Å². The molecule has 0 nitrogen and oxygen atoms in total. The second kappa shape index (κ2) is 4.68. The Labute approximate surface area is 74.7 Å². The third-order valence-corrected chi connectivity index (χ3v) is 2.45. The topological polar surface area (TPSA) is 0 Å². The third-order valence-electron chi connectivity index (χ3n) is 0.726. The van der Waals surface area contributed by atoms with Crippen LogP contribution in [-0.2, 0) is 0 Å². The number of halogens is 4. The van der Waals surface area contributed by atoms with Gasteiger partial charge in [-0.15, -0.1) is 23.2 Å². The van der Waals surface area contributed by atoms with Crippen molar-refractivity contribution in [3.63, 3.8) is 0 Å². The first-order valence-electron chi connectivity index (χ1n) is 2.33. The molecule has 1 unspecified atom stereocenters. The van der Waals surface area contributed by atoms with Crippen LogP contribution in [0.25, 0.3) is 0 Å². The van der Waals surface area contributed by atoms with E-state index in [0.29, 0.717) is 10.1 Å². The zero-order chi connectivity index (χ0) is 7.44. The van der Waals surface area contributed by atoms with Gasteiger partial charge in [0.05, 0.1) is 16.3 Å². The minimum absolute atomic E-state index is 0.220. The Morgan fingerprint density at radius 2 is 1.89 bits per heavy atom. The van der Waals surface area contributed by atoms with Crippen LogP contribution in [0.3, 0.4) is 0 Å². The second-order valence-corrected chi connectivity index (χ2v) is 3.29. The highest BCUT2D eigenvalue weighted by Gasteiger charge is 2.05. The van der Waals surface area contributed by atoms with Crippen molar-refractivity contribution in [3.05, 3.63) is 10.1 Å². The third kappa shape index (κ3) is 3.57. The fourth-order valence-corrected chi connectivity index (χ4v) is 0.910. The first-order valence-corrected chi connectivity index (χ1v) is 4.06. The standard InChI is InChI=1S/C5H6Cl4/c1-3(7)5(9)4(8)2-6/h3H,2H2,1H3/b5-4+. The molecule has 1 atom stereocenters. The van der Waals surface area contributed by atoms with Gasteiger partial charge >= 0.3 is 0 Å². The molecule has 0 aliphatic carbocycles. The van der Waals surface area contributed by atoms with E-state index in [-0.39, 0.29) is 11.3 Å². The van der Waals surface area contributed by atoms with E-state index in [2.05, 4.69) is 0 Å². The van der Waals surface area contributed by atoms with Gasteiger partial charge in [0.15, 0.2) is 0 Å². The van der Waals surface area contributed by atoms with E-state index in [1.807, 2.05) is 0 Å². The SMILES string of the molecule is CC(Cl)/C(Cl)=C(\Cl)CCl.